The molecule has 0 aliphatic rings. The van der Waals surface area contributed by atoms with Gasteiger partial charge < -0.3 is 5.32 Å². The number of aromatic nitrogens is 2. The largest absolute Gasteiger partial charge is 0.348 e. The van der Waals surface area contributed by atoms with Crippen molar-refractivity contribution >= 4 is 22.8 Å². The van der Waals surface area contributed by atoms with Crippen LogP contribution in [0.15, 0.2) is 97.2 Å². The standard InChI is InChI=1S/C26H20N4O/c1-2-14-28-26(31)22(17-27)16-23-18-30(24-10-4-3-5-11-24)29-25(23)21-13-12-19-8-6-7-9-20(19)15-21/h2-13,15-16,18H,1,14H2,(H,28,31)/b22-16+. The molecule has 150 valence electrons. The lowest BCUT2D eigenvalue weighted by Gasteiger charge is -2.04. The summed E-state index contributed by atoms with van der Waals surface area (Å²) in [6.07, 6.45) is 4.98. The Morgan fingerprint density at radius 1 is 1.06 bits per heavy atom. The Balaban J connectivity index is 1.85. The van der Waals surface area contributed by atoms with Gasteiger partial charge in [0.15, 0.2) is 0 Å². The number of benzene rings is 3. The second kappa shape index (κ2) is 8.93. The van der Waals surface area contributed by atoms with Crippen LogP contribution in [-0.2, 0) is 4.79 Å². The first kappa shape index (κ1) is 19.9. The smallest absolute Gasteiger partial charge is 0.262 e. The summed E-state index contributed by atoms with van der Waals surface area (Å²) in [7, 11) is 0. The highest BCUT2D eigenvalue weighted by Gasteiger charge is 2.15. The van der Waals surface area contributed by atoms with Crippen LogP contribution in [-0.4, -0.2) is 22.2 Å². The van der Waals surface area contributed by atoms with Crippen molar-refractivity contribution in [2.24, 2.45) is 0 Å². The molecular formula is C26H20N4O. The van der Waals surface area contributed by atoms with Gasteiger partial charge in [-0.25, -0.2) is 4.68 Å². The van der Waals surface area contributed by atoms with Crippen LogP contribution in [0.25, 0.3) is 33.8 Å². The lowest BCUT2D eigenvalue weighted by atomic mass is 10.0. The molecular weight excluding hydrogens is 384 g/mol. The molecule has 1 N–H and O–H groups in total. The van der Waals surface area contributed by atoms with Crippen LogP contribution in [0.4, 0.5) is 0 Å². The number of hydrogen-bond donors (Lipinski definition) is 1. The fraction of sp³-hybridized carbons (Fsp3) is 0.0385. The van der Waals surface area contributed by atoms with Crippen LogP contribution >= 0.6 is 0 Å². The SMILES string of the molecule is C=CCNC(=O)/C(C#N)=C/c1cn(-c2ccccc2)nc1-c1ccc2ccccc2c1. The van der Waals surface area contributed by atoms with E-state index in [1.165, 1.54) is 0 Å². The van der Waals surface area contributed by atoms with E-state index in [-0.39, 0.29) is 5.57 Å². The quantitative estimate of drug-likeness (QED) is 0.282. The van der Waals surface area contributed by atoms with Gasteiger partial charge >= 0.3 is 0 Å². The van der Waals surface area contributed by atoms with Crippen LogP contribution in [0.2, 0.25) is 0 Å². The number of nitriles is 1. The summed E-state index contributed by atoms with van der Waals surface area (Å²) in [5, 5.41) is 19.2. The average molecular weight is 404 g/mol. The van der Waals surface area contributed by atoms with Crippen molar-refractivity contribution in [2.75, 3.05) is 6.54 Å². The van der Waals surface area contributed by atoms with Crippen molar-refractivity contribution in [3.8, 4) is 23.0 Å². The van der Waals surface area contributed by atoms with Crippen LogP contribution in [0.5, 0.6) is 0 Å². The summed E-state index contributed by atoms with van der Waals surface area (Å²) >= 11 is 0. The molecule has 1 amide bonds. The molecule has 0 radical (unpaired) electrons. The van der Waals surface area contributed by atoms with Crippen molar-refractivity contribution in [2.45, 2.75) is 0 Å². The van der Waals surface area contributed by atoms with Gasteiger partial charge in [0.25, 0.3) is 5.91 Å². The van der Waals surface area contributed by atoms with Crippen molar-refractivity contribution in [3.05, 3.63) is 103 Å². The minimum Gasteiger partial charge on any atom is -0.348 e. The predicted octanol–water partition coefficient (Wildman–Crippen LogP) is 4.90. The van der Waals surface area contributed by atoms with Crippen molar-refractivity contribution in [1.82, 2.24) is 15.1 Å². The van der Waals surface area contributed by atoms with Crippen LogP contribution in [0.3, 0.4) is 0 Å². The Labute approximate surface area is 180 Å². The molecule has 0 spiro atoms. The molecule has 0 aliphatic carbocycles. The van der Waals surface area contributed by atoms with E-state index >= 15 is 0 Å². The lowest BCUT2D eigenvalue weighted by Crippen LogP contribution is -2.24. The van der Waals surface area contributed by atoms with Gasteiger partial charge in [0.1, 0.15) is 17.3 Å². The number of carbonyl (C=O) groups is 1. The van der Waals surface area contributed by atoms with Crippen LogP contribution in [0, 0.1) is 11.3 Å². The van der Waals surface area contributed by atoms with E-state index in [1.807, 2.05) is 72.9 Å². The summed E-state index contributed by atoms with van der Waals surface area (Å²) in [6, 6.07) is 25.9. The van der Waals surface area contributed by atoms with Gasteiger partial charge in [0, 0.05) is 23.9 Å². The molecule has 0 saturated carbocycles. The van der Waals surface area contributed by atoms with Crippen LogP contribution < -0.4 is 5.32 Å². The first-order valence-corrected chi connectivity index (χ1v) is 9.85. The number of nitrogens with zero attached hydrogens (tertiary/aromatic N) is 3. The van der Waals surface area contributed by atoms with Crippen molar-refractivity contribution in [3.63, 3.8) is 0 Å². The van der Waals surface area contributed by atoms with Gasteiger partial charge in [0.05, 0.1) is 5.69 Å². The fourth-order valence-electron chi connectivity index (χ4n) is 3.33. The zero-order valence-corrected chi connectivity index (χ0v) is 16.8. The molecule has 0 atom stereocenters. The number of amides is 1. The summed E-state index contributed by atoms with van der Waals surface area (Å²) in [5.74, 6) is -0.445. The number of rotatable bonds is 6. The molecule has 0 fully saturated rings. The van der Waals surface area contributed by atoms with E-state index in [2.05, 4.69) is 24.0 Å². The molecule has 0 saturated heterocycles. The topological polar surface area (TPSA) is 70.7 Å². The van der Waals surface area contributed by atoms with E-state index in [0.717, 1.165) is 22.0 Å². The Bertz CT molecular complexity index is 1330. The third-order valence-electron chi connectivity index (χ3n) is 4.86. The molecule has 3 aromatic carbocycles. The molecule has 4 aromatic rings. The van der Waals surface area contributed by atoms with E-state index in [9.17, 15) is 10.1 Å². The van der Waals surface area contributed by atoms with E-state index < -0.39 is 5.91 Å². The predicted molar refractivity (Wildman–Crippen MR) is 123 cm³/mol. The highest BCUT2D eigenvalue weighted by molar-refractivity contribution is 6.02. The zero-order chi connectivity index (χ0) is 21.6. The first-order chi connectivity index (χ1) is 15.2. The van der Waals surface area contributed by atoms with Gasteiger partial charge in [-0.05, 0) is 35.0 Å². The molecule has 0 aliphatic heterocycles. The van der Waals surface area contributed by atoms with Gasteiger partial charge in [-0.3, -0.25) is 4.79 Å². The third kappa shape index (κ3) is 4.29. The number of nitrogens with one attached hydrogen (secondary N) is 1. The Morgan fingerprint density at radius 3 is 2.55 bits per heavy atom. The normalized spacial score (nSPS) is 11.1. The first-order valence-electron chi connectivity index (χ1n) is 9.85. The minimum atomic E-state index is -0.445. The lowest BCUT2D eigenvalue weighted by molar-refractivity contribution is -0.116. The Hall–Kier alpha value is -4.43. The third-order valence-corrected chi connectivity index (χ3v) is 4.86. The summed E-state index contributed by atoms with van der Waals surface area (Å²) in [6.45, 7) is 3.88. The molecule has 0 unspecified atom stereocenters. The molecule has 5 heteroatoms. The second-order valence-corrected chi connectivity index (χ2v) is 6.94. The van der Waals surface area contributed by atoms with Crippen LogP contribution in [0.1, 0.15) is 5.56 Å². The van der Waals surface area contributed by atoms with Gasteiger partial charge in [-0.15, -0.1) is 6.58 Å². The van der Waals surface area contributed by atoms with E-state index in [0.29, 0.717) is 17.8 Å². The van der Waals surface area contributed by atoms with Crippen molar-refractivity contribution < 1.29 is 4.79 Å². The monoisotopic (exact) mass is 404 g/mol. The molecule has 5 nitrogen and oxygen atoms in total. The number of hydrogen-bond acceptors (Lipinski definition) is 3. The van der Waals surface area contributed by atoms with E-state index in [1.54, 1.807) is 16.8 Å². The Kier molecular flexibility index (Phi) is 5.72. The van der Waals surface area contributed by atoms with Gasteiger partial charge in [-0.2, -0.15) is 10.4 Å². The molecule has 1 aromatic heterocycles. The van der Waals surface area contributed by atoms with Crippen molar-refractivity contribution in [1.29, 1.82) is 5.26 Å². The Morgan fingerprint density at radius 2 is 1.81 bits per heavy atom. The highest BCUT2D eigenvalue weighted by Crippen LogP contribution is 2.28. The van der Waals surface area contributed by atoms with Gasteiger partial charge in [-0.1, -0.05) is 60.7 Å². The molecule has 31 heavy (non-hydrogen) atoms. The molecule has 1 heterocycles. The minimum absolute atomic E-state index is 0.0106. The summed E-state index contributed by atoms with van der Waals surface area (Å²) < 4.78 is 1.76. The van der Waals surface area contributed by atoms with Gasteiger partial charge in [0.2, 0.25) is 0 Å². The maximum absolute atomic E-state index is 12.4. The molecule has 0 bridgehead atoms. The average Bonchev–Trinajstić information content (AvgIpc) is 3.25. The number of para-hydroxylation sites is 1. The number of carbonyl (C=O) groups excluding carboxylic acids is 1. The van der Waals surface area contributed by atoms with E-state index in [4.69, 9.17) is 5.10 Å². The molecule has 4 rings (SSSR count). The number of fused-ring (bicyclic) bond motifs is 1. The summed E-state index contributed by atoms with van der Waals surface area (Å²) in [4.78, 5) is 12.4. The summed E-state index contributed by atoms with van der Waals surface area (Å²) in [5.41, 5.74) is 3.18. The second-order valence-electron chi connectivity index (χ2n) is 6.94. The maximum Gasteiger partial charge on any atom is 0.262 e. The zero-order valence-electron chi connectivity index (χ0n) is 16.8. The fourth-order valence-corrected chi connectivity index (χ4v) is 3.33. The maximum atomic E-state index is 12.4. The highest BCUT2D eigenvalue weighted by atomic mass is 16.1.